The fourth-order valence-electron chi connectivity index (χ4n) is 2.23. The molecular formula is C12H17ClN2O. The molecule has 1 aromatic heterocycles. The Bertz CT molecular complexity index is 346. The first-order valence-electron chi connectivity index (χ1n) is 5.75. The molecule has 1 fully saturated rings. The van der Waals surface area contributed by atoms with Gasteiger partial charge in [-0.25, -0.2) is 4.98 Å². The van der Waals surface area contributed by atoms with Crippen molar-refractivity contribution < 1.29 is 5.11 Å². The number of hydrogen-bond donors (Lipinski definition) is 1. The van der Waals surface area contributed by atoms with E-state index in [0.29, 0.717) is 5.15 Å². The van der Waals surface area contributed by atoms with Crippen LogP contribution < -0.4 is 0 Å². The lowest BCUT2D eigenvalue weighted by Crippen LogP contribution is -2.41. The standard InChI is InChI=1S/C12H17ClN2O/c13-12-10(4-3-6-14-12)8-15-7-2-1-5-11(15)9-16/h3-4,6,11,16H,1-2,5,7-9H2. The Morgan fingerprint density at radius 3 is 3.12 bits per heavy atom. The van der Waals surface area contributed by atoms with Crippen LogP contribution in [-0.2, 0) is 6.54 Å². The van der Waals surface area contributed by atoms with Crippen molar-refractivity contribution >= 4 is 11.6 Å². The second-order valence-electron chi connectivity index (χ2n) is 4.26. The molecule has 1 atom stereocenters. The maximum atomic E-state index is 9.32. The molecule has 4 heteroatoms. The first kappa shape index (κ1) is 11.8. The maximum absolute atomic E-state index is 9.32. The summed E-state index contributed by atoms with van der Waals surface area (Å²) in [7, 11) is 0. The van der Waals surface area contributed by atoms with E-state index in [4.69, 9.17) is 11.6 Å². The van der Waals surface area contributed by atoms with Crippen molar-refractivity contribution in [3.63, 3.8) is 0 Å². The summed E-state index contributed by atoms with van der Waals surface area (Å²) >= 11 is 6.03. The zero-order valence-electron chi connectivity index (χ0n) is 9.27. The highest BCUT2D eigenvalue weighted by molar-refractivity contribution is 6.30. The Morgan fingerprint density at radius 1 is 1.50 bits per heavy atom. The number of nitrogens with zero attached hydrogens (tertiary/aromatic N) is 2. The van der Waals surface area contributed by atoms with Crippen molar-refractivity contribution in [2.45, 2.75) is 31.8 Å². The smallest absolute Gasteiger partial charge is 0.133 e. The summed E-state index contributed by atoms with van der Waals surface area (Å²) < 4.78 is 0. The number of pyridine rings is 1. The van der Waals surface area contributed by atoms with E-state index in [2.05, 4.69) is 9.88 Å². The van der Waals surface area contributed by atoms with E-state index in [9.17, 15) is 5.11 Å². The molecule has 0 aromatic carbocycles. The molecule has 0 bridgehead atoms. The molecule has 2 rings (SSSR count). The Labute approximate surface area is 101 Å². The molecule has 1 aliphatic rings. The van der Waals surface area contributed by atoms with Gasteiger partial charge in [0.1, 0.15) is 5.15 Å². The van der Waals surface area contributed by atoms with Gasteiger partial charge in [-0.1, -0.05) is 24.1 Å². The van der Waals surface area contributed by atoms with E-state index in [1.54, 1.807) is 6.20 Å². The van der Waals surface area contributed by atoms with Gasteiger partial charge in [-0.15, -0.1) is 0 Å². The quantitative estimate of drug-likeness (QED) is 0.822. The highest BCUT2D eigenvalue weighted by atomic mass is 35.5. The predicted octanol–water partition coefficient (Wildman–Crippen LogP) is 2.08. The summed E-state index contributed by atoms with van der Waals surface area (Å²) in [5.41, 5.74) is 1.05. The van der Waals surface area contributed by atoms with Crippen molar-refractivity contribution in [3.8, 4) is 0 Å². The molecule has 0 saturated carbocycles. The summed E-state index contributed by atoms with van der Waals surface area (Å²) in [6.45, 7) is 2.06. The lowest BCUT2D eigenvalue weighted by molar-refractivity contribution is 0.0840. The second kappa shape index (κ2) is 5.62. The van der Waals surface area contributed by atoms with Crippen LogP contribution in [0.25, 0.3) is 0 Å². The third-order valence-electron chi connectivity index (χ3n) is 3.17. The zero-order valence-corrected chi connectivity index (χ0v) is 10.0. The molecule has 1 unspecified atom stereocenters. The van der Waals surface area contributed by atoms with Gasteiger partial charge < -0.3 is 5.11 Å². The Hall–Kier alpha value is -0.640. The summed E-state index contributed by atoms with van der Waals surface area (Å²) in [5, 5.41) is 9.89. The van der Waals surface area contributed by atoms with Gasteiger partial charge in [0.05, 0.1) is 6.61 Å². The molecule has 16 heavy (non-hydrogen) atoms. The Kier molecular flexibility index (Phi) is 4.16. The van der Waals surface area contributed by atoms with E-state index in [1.807, 2.05) is 12.1 Å². The molecule has 1 aromatic rings. The molecule has 0 spiro atoms. The van der Waals surface area contributed by atoms with Crippen LogP contribution in [0.15, 0.2) is 18.3 Å². The fourth-order valence-corrected chi connectivity index (χ4v) is 2.41. The van der Waals surface area contributed by atoms with Gasteiger partial charge in [-0.05, 0) is 25.5 Å². The van der Waals surface area contributed by atoms with Crippen molar-refractivity contribution in [2.24, 2.45) is 0 Å². The first-order valence-corrected chi connectivity index (χ1v) is 6.13. The number of aromatic nitrogens is 1. The minimum absolute atomic E-state index is 0.234. The number of likely N-dealkylation sites (tertiary alicyclic amines) is 1. The van der Waals surface area contributed by atoms with Gasteiger partial charge in [-0.2, -0.15) is 0 Å². The number of rotatable bonds is 3. The number of aliphatic hydroxyl groups is 1. The molecule has 88 valence electrons. The SMILES string of the molecule is OCC1CCCCN1Cc1cccnc1Cl. The average Bonchev–Trinajstić information content (AvgIpc) is 2.33. The largest absolute Gasteiger partial charge is 0.395 e. The number of halogens is 1. The molecule has 1 N–H and O–H groups in total. The van der Waals surface area contributed by atoms with Gasteiger partial charge >= 0.3 is 0 Å². The molecule has 1 aliphatic heterocycles. The fraction of sp³-hybridized carbons (Fsp3) is 0.583. The highest BCUT2D eigenvalue weighted by Crippen LogP contribution is 2.21. The van der Waals surface area contributed by atoms with Crippen LogP contribution in [0.2, 0.25) is 5.15 Å². The number of hydrogen-bond acceptors (Lipinski definition) is 3. The van der Waals surface area contributed by atoms with Gasteiger partial charge in [0.2, 0.25) is 0 Å². The molecule has 2 heterocycles. The van der Waals surface area contributed by atoms with Gasteiger partial charge in [0.25, 0.3) is 0 Å². The highest BCUT2D eigenvalue weighted by Gasteiger charge is 2.22. The van der Waals surface area contributed by atoms with Crippen LogP contribution in [-0.4, -0.2) is 34.2 Å². The van der Waals surface area contributed by atoms with Crippen LogP contribution in [0, 0.1) is 0 Å². The van der Waals surface area contributed by atoms with E-state index in [0.717, 1.165) is 25.1 Å². The average molecular weight is 241 g/mol. The minimum Gasteiger partial charge on any atom is -0.395 e. The van der Waals surface area contributed by atoms with Crippen LogP contribution >= 0.6 is 11.6 Å². The Balaban J connectivity index is 2.05. The van der Waals surface area contributed by atoms with E-state index >= 15 is 0 Å². The number of piperidine rings is 1. The van der Waals surface area contributed by atoms with Crippen molar-refractivity contribution in [3.05, 3.63) is 29.0 Å². The molecule has 0 amide bonds. The van der Waals surface area contributed by atoms with Crippen molar-refractivity contribution in [1.29, 1.82) is 0 Å². The first-order chi connectivity index (χ1) is 7.81. The van der Waals surface area contributed by atoms with Gasteiger partial charge in [-0.3, -0.25) is 4.90 Å². The molecule has 3 nitrogen and oxygen atoms in total. The predicted molar refractivity (Wildman–Crippen MR) is 64.4 cm³/mol. The van der Waals surface area contributed by atoms with Crippen molar-refractivity contribution in [2.75, 3.05) is 13.2 Å². The third-order valence-corrected chi connectivity index (χ3v) is 3.51. The Morgan fingerprint density at radius 2 is 2.38 bits per heavy atom. The normalized spacial score (nSPS) is 22.2. The summed E-state index contributed by atoms with van der Waals surface area (Å²) in [6.07, 6.45) is 5.19. The molecule has 0 radical (unpaired) electrons. The zero-order chi connectivity index (χ0) is 11.4. The summed E-state index contributed by atoms with van der Waals surface area (Å²) in [4.78, 5) is 6.37. The van der Waals surface area contributed by atoms with Crippen LogP contribution in [0.5, 0.6) is 0 Å². The van der Waals surface area contributed by atoms with Crippen LogP contribution in [0.4, 0.5) is 0 Å². The second-order valence-corrected chi connectivity index (χ2v) is 4.61. The van der Waals surface area contributed by atoms with E-state index in [-0.39, 0.29) is 12.6 Å². The summed E-state index contributed by atoms with van der Waals surface area (Å²) in [5.74, 6) is 0. The van der Waals surface area contributed by atoms with Gasteiger partial charge in [0, 0.05) is 24.3 Å². The number of aliphatic hydroxyl groups excluding tert-OH is 1. The third kappa shape index (κ3) is 2.73. The monoisotopic (exact) mass is 240 g/mol. The molecule has 0 aliphatic carbocycles. The molecule has 1 saturated heterocycles. The van der Waals surface area contributed by atoms with Gasteiger partial charge in [0.15, 0.2) is 0 Å². The minimum atomic E-state index is 0.234. The van der Waals surface area contributed by atoms with Crippen LogP contribution in [0.3, 0.4) is 0 Å². The lowest BCUT2D eigenvalue weighted by Gasteiger charge is -2.34. The molecular weight excluding hydrogens is 224 g/mol. The van der Waals surface area contributed by atoms with Crippen molar-refractivity contribution in [1.82, 2.24) is 9.88 Å². The van der Waals surface area contributed by atoms with E-state index in [1.165, 1.54) is 12.8 Å². The summed E-state index contributed by atoms with van der Waals surface area (Å²) in [6, 6.07) is 4.18. The maximum Gasteiger partial charge on any atom is 0.133 e. The topological polar surface area (TPSA) is 36.4 Å². The van der Waals surface area contributed by atoms with Crippen LogP contribution in [0.1, 0.15) is 24.8 Å². The lowest BCUT2D eigenvalue weighted by atomic mass is 10.0. The van der Waals surface area contributed by atoms with E-state index < -0.39 is 0 Å².